The monoisotopic (exact) mass is 782 g/mol. The van der Waals surface area contributed by atoms with Crippen LogP contribution in [-0.2, 0) is 12.8 Å². The van der Waals surface area contributed by atoms with Gasteiger partial charge in [0.25, 0.3) is 0 Å². The molecule has 1 fully saturated rings. The summed E-state index contributed by atoms with van der Waals surface area (Å²) in [6.45, 7) is 4.86. The van der Waals surface area contributed by atoms with Crippen LogP contribution in [0, 0.1) is 5.41 Å². The second kappa shape index (κ2) is 17.6. The molecule has 8 heteroatoms. The zero-order chi connectivity index (χ0) is 40.0. The summed E-state index contributed by atoms with van der Waals surface area (Å²) in [5, 5.41) is 29.3. The minimum Gasteiger partial charge on any atom is -0.497 e. The Balaban J connectivity index is 1.25. The summed E-state index contributed by atoms with van der Waals surface area (Å²) in [6, 6.07) is 35.1. The second-order valence-electron chi connectivity index (χ2n) is 16.1. The number of aliphatic hydroxyl groups excluding tert-OH is 1. The number of hydrogen-bond acceptors (Lipinski definition) is 6. The molecule has 296 valence electrons. The highest BCUT2D eigenvalue weighted by Crippen LogP contribution is 2.59. The van der Waals surface area contributed by atoms with Gasteiger partial charge < -0.3 is 25.2 Å². The molecule has 3 N–H and O–H groups in total. The normalized spacial score (nSPS) is 22.2. The minimum atomic E-state index is -1.25. The van der Waals surface area contributed by atoms with Crippen LogP contribution < -0.4 is 10.1 Å². The Hall–Kier alpha value is -5.02. The molecule has 0 radical (unpaired) electrons. The Morgan fingerprint density at radius 2 is 1.67 bits per heavy atom. The Morgan fingerprint density at radius 1 is 0.912 bits per heavy atom. The van der Waals surface area contributed by atoms with Gasteiger partial charge in [0.05, 0.1) is 25.4 Å². The average molecular weight is 783 g/mol. The number of methoxy groups -OCH3 is 1. The van der Waals surface area contributed by atoms with E-state index < -0.39 is 17.1 Å². The van der Waals surface area contributed by atoms with E-state index in [1.807, 2.05) is 84.2 Å². The molecule has 1 heterocycles. The lowest BCUT2D eigenvalue weighted by Gasteiger charge is -2.46. The molecular formula is C49H54N2O5S. The van der Waals surface area contributed by atoms with E-state index in [-0.39, 0.29) is 24.3 Å². The van der Waals surface area contributed by atoms with Gasteiger partial charge in [-0.05, 0) is 128 Å². The third-order valence-corrected chi connectivity index (χ3v) is 13.4. The number of hydrogen-bond donors (Lipinski definition) is 3. The van der Waals surface area contributed by atoms with Gasteiger partial charge in [-0.25, -0.2) is 4.79 Å². The average Bonchev–Trinajstić information content (AvgIpc) is 3.84. The van der Waals surface area contributed by atoms with Crippen LogP contribution in [0.1, 0.15) is 90.2 Å². The number of nitrogens with zero attached hydrogens (tertiary/aromatic N) is 1. The molecule has 3 aliphatic rings. The predicted octanol–water partition coefficient (Wildman–Crippen LogP) is 10.5. The van der Waals surface area contributed by atoms with Gasteiger partial charge in [-0.2, -0.15) is 0 Å². The summed E-state index contributed by atoms with van der Waals surface area (Å²) in [7, 11) is 1.61. The molecule has 3 aliphatic carbocycles. The SMILES string of the molecule is COc1ccc(NC(=O)N(CCc2cccs2)CC2(O)CCC3c4ccc(cc4C(=O)c4ccc(-c5ccccc5)cc4)CC(O)CCC(C)=CCCC32C)cc1. The lowest BCUT2D eigenvalue weighted by Crippen LogP contribution is -2.54. The van der Waals surface area contributed by atoms with Crippen molar-refractivity contribution in [3.63, 3.8) is 0 Å². The molecule has 4 aromatic carbocycles. The van der Waals surface area contributed by atoms with Gasteiger partial charge in [-0.3, -0.25) is 4.79 Å². The molecule has 4 unspecified atom stereocenters. The van der Waals surface area contributed by atoms with Gasteiger partial charge >= 0.3 is 6.03 Å². The van der Waals surface area contributed by atoms with Crippen LogP contribution in [0.4, 0.5) is 10.5 Å². The molecule has 5 aromatic rings. The summed E-state index contributed by atoms with van der Waals surface area (Å²) in [6.07, 6.45) is 6.75. The van der Waals surface area contributed by atoms with Crippen molar-refractivity contribution in [2.45, 2.75) is 82.8 Å². The van der Waals surface area contributed by atoms with Crippen molar-refractivity contribution in [1.29, 1.82) is 0 Å². The van der Waals surface area contributed by atoms with Gasteiger partial charge in [-0.15, -0.1) is 11.3 Å². The Labute approximate surface area is 341 Å². The number of carbonyl (C=O) groups is 2. The first kappa shape index (κ1) is 40.2. The first-order chi connectivity index (χ1) is 27.5. The van der Waals surface area contributed by atoms with Gasteiger partial charge in [-0.1, -0.05) is 91.4 Å². The molecule has 4 atom stereocenters. The van der Waals surface area contributed by atoms with Gasteiger partial charge in [0, 0.05) is 33.7 Å². The van der Waals surface area contributed by atoms with E-state index in [1.165, 1.54) is 10.5 Å². The molecular weight excluding hydrogens is 729 g/mol. The van der Waals surface area contributed by atoms with Crippen molar-refractivity contribution in [3.8, 4) is 16.9 Å². The molecule has 8 rings (SSSR count). The van der Waals surface area contributed by atoms with E-state index >= 15 is 0 Å². The second-order valence-corrected chi connectivity index (χ2v) is 17.2. The van der Waals surface area contributed by atoms with Crippen molar-refractivity contribution < 1.29 is 24.5 Å². The van der Waals surface area contributed by atoms with E-state index in [0.29, 0.717) is 67.6 Å². The highest BCUT2D eigenvalue weighted by atomic mass is 32.1. The number of rotatable bonds is 10. The summed E-state index contributed by atoms with van der Waals surface area (Å²) >= 11 is 1.66. The quantitative estimate of drug-likeness (QED) is 0.0968. The molecule has 7 nitrogen and oxygen atoms in total. The zero-order valence-electron chi connectivity index (χ0n) is 33.2. The summed E-state index contributed by atoms with van der Waals surface area (Å²) in [4.78, 5) is 31.8. The lowest BCUT2D eigenvalue weighted by molar-refractivity contribution is -0.0762. The Bertz CT molecular complexity index is 2170. The van der Waals surface area contributed by atoms with Crippen LogP contribution in [-0.4, -0.2) is 58.8 Å². The highest BCUT2D eigenvalue weighted by molar-refractivity contribution is 7.09. The van der Waals surface area contributed by atoms with Gasteiger partial charge in [0.1, 0.15) is 5.75 Å². The first-order valence-corrected chi connectivity index (χ1v) is 21.0. The Morgan fingerprint density at radius 3 is 2.39 bits per heavy atom. The topological polar surface area (TPSA) is 99.1 Å². The maximum Gasteiger partial charge on any atom is 0.321 e. The van der Waals surface area contributed by atoms with Crippen LogP contribution in [0.25, 0.3) is 11.1 Å². The number of nitrogens with one attached hydrogen (secondary N) is 1. The number of aliphatic hydroxyl groups is 2. The van der Waals surface area contributed by atoms with E-state index in [0.717, 1.165) is 35.1 Å². The van der Waals surface area contributed by atoms with E-state index in [2.05, 4.69) is 55.6 Å². The molecule has 0 aliphatic heterocycles. The number of allylic oxidation sites excluding steroid dienone is 2. The van der Waals surface area contributed by atoms with Crippen molar-refractivity contribution in [2.24, 2.45) is 5.41 Å². The number of carbonyl (C=O) groups excluding carboxylic acids is 2. The molecule has 2 bridgehead atoms. The lowest BCUT2D eigenvalue weighted by atomic mass is 9.64. The van der Waals surface area contributed by atoms with Crippen LogP contribution in [0.3, 0.4) is 0 Å². The van der Waals surface area contributed by atoms with Crippen LogP contribution in [0.2, 0.25) is 0 Å². The largest absolute Gasteiger partial charge is 0.497 e. The van der Waals surface area contributed by atoms with Crippen LogP contribution in [0.5, 0.6) is 5.75 Å². The van der Waals surface area contributed by atoms with Crippen LogP contribution in [0.15, 0.2) is 126 Å². The molecule has 57 heavy (non-hydrogen) atoms. The smallest absolute Gasteiger partial charge is 0.321 e. The van der Waals surface area contributed by atoms with Gasteiger partial charge in [0.15, 0.2) is 5.78 Å². The maximum absolute atomic E-state index is 14.7. The number of thiophene rings is 1. The first-order valence-electron chi connectivity index (χ1n) is 20.2. The molecule has 1 aromatic heterocycles. The minimum absolute atomic E-state index is 0.0713. The number of anilines is 1. The van der Waals surface area contributed by atoms with Crippen molar-refractivity contribution in [3.05, 3.63) is 153 Å². The molecule has 2 amide bonds. The number of benzene rings is 4. The fourth-order valence-corrected chi connectivity index (χ4v) is 9.64. The van der Waals surface area contributed by atoms with E-state index in [1.54, 1.807) is 23.3 Å². The summed E-state index contributed by atoms with van der Waals surface area (Å²) in [5.41, 5.74) is 5.08. The maximum atomic E-state index is 14.7. The standard InChI is InChI=1S/C49H54N2O5S/c1-34-9-7-27-48(2)45(25-28-49(48,55)33-51(29-26-42-12-8-30-57-42)47(54)50-39-19-22-41(56-3)23-20-39)43-24-14-35(31-40(52)21-13-34)32-44(43)46(53)38-17-15-37(16-18-38)36-10-5-4-6-11-36/h4-6,8-12,14-20,22-24,30,32,40,45,52,55H,7,13,21,25-29,31,33H2,1-3H3,(H,50,54). The number of fused-ring (bicyclic) bond motifs is 8. The number of ketones is 1. The number of urea groups is 1. The highest BCUT2D eigenvalue weighted by Gasteiger charge is 2.57. The fraction of sp³-hybridized carbons (Fsp3) is 0.347. The molecule has 0 saturated heterocycles. The fourth-order valence-electron chi connectivity index (χ4n) is 8.94. The molecule has 0 spiro atoms. The van der Waals surface area contributed by atoms with Crippen LogP contribution >= 0.6 is 11.3 Å². The van der Waals surface area contributed by atoms with E-state index in [9.17, 15) is 19.8 Å². The summed E-state index contributed by atoms with van der Waals surface area (Å²) in [5.74, 6) is 0.466. The van der Waals surface area contributed by atoms with Crippen molar-refractivity contribution in [2.75, 3.05) is 25.5 Å². The summed E-state index contributed by atoms with van der Waals surface area (Å²) < 4.78 is 5.33. The predicted molar refractivity (Wildman–Crippen MR) is 230 cm³/mol. The number of ether oxygens (including phenoxy) is 1. The van der Waals surface area contributed by atoms with Crippen molar-refractivity contribution in [1.82, 2.24) is 4.90 Å². The third-order valence-electron chi connectivity index (χ3n) is 12.5. The zero-order valence-corrected chi connectivity index (χ0v) is 34.1. The van der Waals surface area contributed by atoms with Gasteiger partial charge in [0.2, 0.25) is 0 Å². The number of amides is 2. The van der Waals surface area contributed by atoms with E-state index in [4.69, 9.17) is 4.74 Å². The van der Waals surface area contributed by atoms with Crippen molar-refractivity contribution >= 4 is 28.8 Å². The third kappa shape index (κ3) is 9.09. The Kier molecular flexibility index (Phi) is 12.4. The molecule has 1 saturated carbocycles.